The van der Waals surface area contributed by atoms with E-state index in [0.717, 1.165) is 25.8 Å². The smallest absolute Gasteiger partial charge is 0.226 e. The van der Waals surface area contributed by atoms with Gasteiger partial charge >= 0.3 is 0 Å². The first kappa shape index (κ1) is 5.96. The molecule has 0 bridgehead atoms. The monoisotopic (exact) mass is 137 g/mol. The van der Waals surface area contributed by atoms with Gasteiger partial charge in [0.25, 0.3) is 0 Å². The normalized spacial score (nSPS) is 27.8. The van der Waals surface area contributed by atoms with E-state index in [2.05, 4.69) is 17.5 Å². The number of hydrogen-bond donors (Lipinski definition) is 1. The topological polar surface area (TPSA) is 29.1 Å². The number of carbonyl (C=O) groups excluding carboxylic acids is 1. The van der Waals surface area contributed by atoms with E-state index >= 15 is 0 Å². The number of amides is 1. The van der Waals surface area contributed by atoms with E-state index in [4.69, 9.17) is 0 Å². The van der Waals surface area contributed by atoms with Gasteiger partial charge in [0.2, 0.25) is 5.91 Å². The van der Waals surface area contributed by atoms with Crippen molar-refractivity contribution in [3.8, 4) is 0 Å². The molecule has 1 N–H and O–H groups in total. The first-order valence-corrected chi connectivity index (χ1v) is 3.77. The second-order valence-corrected chi connectivity index (χ2v) is 3.17. The van der Waals surface area contributed by atoms with Crippen LogP contribution in [0.15, 0.2) is 12.2 Å². The van der Waals surface area contributed by atoms with Crippen molar-refractivity contribution >= 4 is 5.91 Å². The molecule has 0 radical (unpaired) electrons. The molecule has 1 heterocycles. The maximum atomic E-state index is 11.2. The molecule has 10 heavy (non-hydrogen) atoms. The molecule has 1 spiro atoms. The van der Waals surface area contributed by atoms with Crippen LogP contribution in [0.1, 0.15) is 19.3 Å². The van der Waals surface area contributed by atoms with Gasteiger partial charge in [-0.15, -0.1) is 0 Å². The van der Waals surface area contributed by atoms with Gasteiger partial charge in [0.05, 0.1) is 5.41 Å². The third-order valence-corrected chi connectivity index (χ3v) is 2.55. The molecule has 1 aliphatic heterocycles. The Kier molecular flexibility index (Phi) is 1.10. The van der Waals surface area contributed by atoms with Crippen LogP contribution in [-0.2, 0) is 4.79 Å². The van der Waals surface area contributed by atoms with Crippen molar-refractivity contribution < 1.29 is 4.79 Å². The van der Waals surface area contributed by atoms with Crippen LogP contribution >= 0.6 is 0 Å². The largest absolute Gasteiger partial charge is 0.356 e. The zero-order valence-corrected chi connectivity index (χ0v) is 5.89. The number of carbonyl (C=O) groups is 1. The Morgan fingerprint density at radius 3 is 2.60 bits per heavy atom. The molecule has 1 aliphatic carbocycles. The van der Waals surface area contributed by atoms with Gasteiger partial charge in [-0.2, -0.15) is 0 Å². The van der Waals surface area contributed by atoms with Gasteiger partial charge in [-0.3, -0.25) is 4.79 Å². The van der Waals surface area contributed by atoms with Crippen LogP contribution in [0, 0.1) is 5.41 Å². The van der Waals surface area contributed by atoms with E-state index in [-0.39, 0.29) is 11.3 Å². The van der Waals surface area contributed by atoms with Crippen molar-refractivity contribution in [1.82, 2.24) is 5.32 Å². The van der Waals surface area contributed by atoms with E-state index in [0.29, 0.717) is 0 Å². The maximum Gasteiger partial charge on any atom is 0.226 e. The molecule has 2 aliphatic rings. The number of allylic oxidation sites excluding steroid dienone is 2. The first-order chi connectivity index (χ1) is 4.83. The summed E-state index contributed by atoms with van der Waals surface area (Å²) >= 11 is 0. The summed E-state index contributed by atoms with van der Waals surface area (Å²) in [5, 5.41) is 2.87. The summed E-state index contributed by atoms with van der Waals surface area (Å²) < 4.78 is 0. The Bertz CT molecular complexity index is 187. The minimum absolute atomic E-state index is 0.0139. The lowest BCUT2D eigenvalue weighted by atomic mass is 9.84. The van der Waals surface area contributed by atoms with Crippen LogP contribution in [0.2, 0.25) is 0 Å². The van der Waals surface area contributed by atoms with E-state index in [1.165, 1.54) is 0 Å². The molecule has 1 amide bonds. The predicted molar refractivity (Wildman–Crippen MR) is 38.4 cm³/mol. The lowest BCUT2D eigenvalue weighted by Crippen LogP contribution is -2.28. The Labute approximate surface area is 60.3 Å². The maximum absolute atomic E-state index is 11.2. The fourth-order valence-corrected chi connectivity index (χ4v) is 1.81. The molecule has 1 saturated heterocycles. The van der Waals surface area contributed by atoms with Crippen LogP contribution < -0.4 is 5.32 Å². The molecule has 0 aromatic carbocycles. The molecule has 0 aromatic heterocycles. The van der Waals surface area contributed by atoms with Crippen molar-refractivity contribution in [2.45, 2.75) is 19.3 Å². The number of nitrogens with one attached hydrogen (secondary N) is 1. The quantitative estimate of drug-likeness (QED) is 0.492. The molecule has 0 saturated carbocycles. The van der Waals surface area contributed by atoms with Crippen LogP contribution in [0.5, 0.6) is 0 Å². The van der Waals surface area contributed by atoms with Crippen LogP contribution in [-0.4, -0.2) is 12.5 Å². The Balaban J connectivity index is 2.22. The van der Waals surface area contributed by atoms with Crippen LogP contribution in [0.3, 0.4) is 0 Å². The standard InChI is InChI=1S/C8H11NO/c10-7-8(5-6-9-7)3-1-2-4-8/h1-2H,3-6H2,(H,9,10). The number of hydrogen-bond acceptors (Lipinski definition) is 1. The van der Waals surface area contributed by atoms with Crippen molar-refractivity contribution in [3.05, 3.63) is 12.2 Å². The lowest BCUT2D eigenvalue weighted by molar-refractivity contribution is -0.127. The minimum atomic E-state index is -0.0139. The van der Waals surface area contributed by atoms with E-state index in [1.54, 1.807) is 0 Å². The summed E-state index contributed by atoms with van der Waals surface area (Å²) in [5.41, 5.74) is -0.0139. The third-order valence-electron chi connectivity index (χ3n) is 2.55. The Morgan fingerprint density at radius 2 is 2.10 bits per heavy atom. The molecular weight excluding hydrogens is 126 g/mol. The highest BCUT2D eigenvalue weighted by molar-refractivity contribution is 5.85. The minimum Gasteiger partial charge on any atom is -0.356 e. The van der Waals surface area contributed by atoms with Crippen molar-refractivity contribution in [2.75, 3.05) is 6.54 Å². The van der Waals surface area contributed by atoms with E-state index in [9.17, 15) is 4.79 Å². The average molecular weight is 137 g/mol. The van der Waals surface area contributed by atoms with Gasteiger partial charge in [-0.25, -0.2) is 0 Å². The van der Waals surface area contributed by atoms with Crippen LogP contribution in [0.4, 0.5) is 0 Å². The molecule has 2 heteroatoms. The van der Waals surface area contributed by atoms with Gasteiger partial charge in [0.15, 0.2) is 0 Å². The van der Waals surface area contributed by atoms with Gasteiger partial charge in [-0.05, 0) is 19.3 Å². The molecule has 54 valence electrons. The molecule has 0 aromatic rings. The Morgan fingerprint density at radius 1 is 1.40 bits per heavy atom. The molecule has 2 rings (SSSR count). The lowest BCUT2D eigenvalue weighted by Gasteiger charge is -2.17. The third kappa shape index (κ3) is 0.618. The highest BCUT2D eigenvalue weighted by Crippen LogP contribution is 2.39. The van der Waals surface area contributed by atoms with Gasteiger partial charge in [0.1, 0.15) is 0 Å². The molecule has 1 fully saturated rings. The average Bonchev–Trinajstić information content (AvgIpc) is 2.48. The predicted octanol–water partition coefficient (Wildman–Crippen LogP) is 0.843. The van der Waals surface area contributed by atoms with Gasteiger partial charge in [-0.1, -0.05) is 12.2 Å². The molecule has 2 nitrogen and oxygen atoms in total. The molecule has 0 unspecified atom stereocenters. The molecule has 0 atom stereocenters. The van der Waals surface area contributed by atoms with Crippen molar-refractivity contribution in [2.24, 2.45) is 5.41 Å². The number of rotatable bonds is 0. The summed E-state index contributed by atoms with van der Waals surface area (Å²) in [6.07, 6.45) is 7.17. The Hall–Kier alpha value is -0.790. The second-order valence-electron chi connectivity index (χ2n) is 3.17. The summed E-state index contributed by atoms with van der Waals surface area (Å²) in [5.74, 6) is 0.262. The van der Waals surface area contributed by atoms with Crippen molar-refractivity contribution in [1.29, 1.82) is 0 Å². The fourth-order valence-electron chi connectivity index (χ4n) is 1.81. The summed E-state index contributed by atoms with van der Waals surface area (Å²) in [6, 6.07) is 0. The van der Waals surface area contributed by atoms with Gasteiger partial charge in [0, 0.05) is 6.54 Å². The fraction of sp³-hybridized carbons (Fsp3) is 0.625. The highest BCUT2D eigenvalue weighted by Gasteiger charge is 2.41. The van der Waals surface area contributed by atoms with Crippen LogP contribution in [0.25, 0.3) is 0 Å². The molecular formula is C8H11NO. The zero-order chi connectivity index (χ0) is 7.03. The highest BCUT2D eigenvalue weighted by atomic mass is 16.2. The second kappa shape index (κ2) is 1.84. The first-order valence-electron chi connectivity index (χ1n) is 3.77. The van der Waals surface area contributed by atoms with E-state index in [1.807, 2.05) is 0 Å². The van der Waals surface area contributed by atoms with Gasteiger partial charge < -0.3 is 5.32 Å². The van der Waals surface area contributed by atoms with Crippen molar-refractivity contribution in [3.63, 3.8) is 0 Å². The summed E-state index contributed by atoms with van der Waals surface area (Å²) in [4.78, 5) is 11.2. The summed E-state index contributed by atoms with van der Waals surface area (Å²) in [6.45, 7) is 0.876. The van der Waals surface area contributed by atoms with E-state index < -0.39 is 0 Å². The SMILES string of the molecule is O=C1NCCC12CC=CC2. The summed E-state index contributed by atoms with van der Waals surface area (Å²) in [7, 11) is 0. The zero-order valence-electron chi connectivity index (χ0n) is 5.89.